The molecule has 0 saturated carbocycles. The summed E-state index contributed by atoms with van der Waals surface area (Å²) in [5.41, 5.74) is 3.81. The summed E-state index contributed by atoms with van der Waals surface area (Å²) in [6.45, 7) is 1.83. The van der Waals surface area contributed by atoms with Crippen LogP contribution in [0.5, 0.6) is 0 Å². The standard InChI is InChI=1S/C19H13ClFN3O/c1-12-18(19(23-25-12)13-5-7-15(21)8-6-13)17-10-24(11-22-17)16-4-2-3-14(20)9-16/h2-11H,1H3. The van der Waals surface area contributed by atoms with Crippen molar-refractivity contribution in [1.29, 1.82) is 0 Å². The van der Waals surface area contributed by atoms with E-state index in [0.29, 0.717) is 16.5 Å². The summed E-state index contributed by atoms with van der Waals surface area (Å²) in [4.78, 5) is 4.48. The molecule has 25 heavy (non-hydrogen) atoms. The summed E-state index contributed by atoms with van der Waals surface area (Å²) >= 11 is 6.05. The lowest BCUT2D eigenvalue weighted by Crippen LogP contribution is -1.89. The topological polar surface area (TPSA) is 43.9 Å². The van der Waals surface area contributed by atoms with Crippen LogP contribution in [0.25, 0.3) is 28.2 Å². The number of hydrogen-bond donors (Lipinski definition) is 0. The number of rotatable bonds is 3. The molecule has 4 rings (SSSR count). The second kappa shape index (κ2) is 6.18. The Morgan fingerprint density at radius 2 is 1.92 bits per heavy atom. The van der Waals surface area contributed by atoms with Gasteiger partial charge in [-0.2, -0.15) is 0 Å². The van der Waals surface area contributed by atoms with Crippen LogP contribution >= 0.6 is 11.6 Å². The molecule has 124 valence electrons. The lowest BCUT2D eigenvalue weighted by Gasteiger charge is -2.02. The zero-order chi connectivity index (χ0) is 17.4. The molecule has 0 bridgehead atoms. The van der Waals surface area contributed by atoms with Crippen LogP contribution in [-0.4, -0.2) is 14.7 Å². The van der Waals surface area contributed by atoms with Crippen molar-refractivity contribution in [2.75, 3.05) is 0 Å². The van der Waals surface area contributed by atoms with Gasteiger partial charge in [-0.3, -0.25) is 0 Å². The average molecular weight is 354 g/mol. The lowest BCUT2D eigenvalue weighted by atomic mass is 10.0. The normalized spacial score (nSPS) is 11.0. The van der Waals surface area contributed by atoms with E-state index in [4.69, 9.17) is 16.1 Å². The smallest absolute Gasteiger partial charge is 0.143 e. The van der Waals surface area contributed by atoms with Crippen LogP contribution in [0.2, 0.25) is 5.02 Å². The molecule has 6 heteroatoms. The maximum Gasteiger partial charge on any atom is 0.143 e. The van der Waals surface area contributed by atoms with Crippen LogP contribution in [-0.2, 0) is 0 Å². The van der Waals surface area contributed by atoms with Gasteiger partial charge >= 0.3 is 0 Å². The number of aromatic nitrogens is 3. The number of hydrogen-bond acceptors (Lipinski definition) is 3. The summed E-state index contributed by atoms with van der Waals surface area (Å²) < 4.78 is 20.4. The Morgan fingerprint density at radius 1 is 1.12 bits per heavy atom. The number of benzene rings is 2. The van der Waals surface area contributed by atoms with Crippen molar-refractivity contribution in [2.45, 2.75) is 6.92 Å². The Morgan fingerprint density at radius 3 is 2.68 bits per heavy atom. The van der Waals surface area contributed by atoms with E-state index in [1.807, 2.05) is 42.0 Å². The number of aryl methyl sites for hydroxylation is 1. The molecule has 0 amide bonds. The van der Waals surface area contributed by atoms with Gasteiger partial charge in [0.1, 0.15) is 17.3 Å². The van der Waals surface area contributed by atoms with E-state index >= 15 is 0 Å². The van der Waals surface area contributed by atoms with Crippen molar-refractivity contribution in [3.8, 4) is 28.2 Å². The van der Waals surface area contributed by atoms with Crippen LogP contribution in [0.1, 0.15) is 5.76 Å². The predicted molar refractivity (Wildman–Crippen MR) is 94.2 cm³/mol. The average Bonchev–Trinajstić information content (AvgIpc) is 3.22. The molecule has 4 aromatic rings. The fraction of sp³-hybridized carbons (Fsp3) is 0.0526. The van der Waals surface area contributed by atoms with Crippen LogP contribution in [0.3, 0.4) is 0 Å². The molecule has 0 fully saturated rings. The van der Waals surface area contributed by atoms with Gasteiger partial charge in [-0.1, -0.05) is 22.8 Å². The third kappa shape index (κ3) is 2.94. The summed E-state index contributed by atoms with van der Waals surface area (Å²) in [5, 5.41) is 4.77. The molecule has 2 aromatic heterocycles. The molecule has 2 heterocycles. The van der Waals surface area contributed by atoms with Gasteiger partial charge in [0.2, 0.25) is 0 Å². The Balaban J connectivity index is 1.78. The first-order valence-corrected chi connectivity index (χ1v) is 8.02. The highest BCUT2D eigenvalue weighted by Crippen LogP contribution is 2.33. The second-order valence-electron chi connectivity index (χ2n) is 5.62. The summed E-state index contributed by atoms with van der Waals surface area (Å²) in [6, 6.07) is 13.6. The molecular formula is C19H13ClFN3O. The first-order chi connectivity index (χ1) is 12.1. The minimum atomic E-state index is -0.296. The maximum absolute atomic E-state index is 13.2. The third-order valence-electron chi connectivity index (χ3n) is 3.93. The SMILES string of the molecule is Cc1onc(-c2ccc(F)cc2)c1-c1cn(-c2cccc(Cl)c2)cn1. The van der Waals surface area contributed by atoms with E-state index < -0.39 is 0 Å². The molecule has 0 aliphatic heterocycles. The van der Waals surface area contributed by atoms with Crippen molar-refractivity contribution in [3.05, 3.63) is 77.7 Å². The molecule has 2 aromatic carbocycles. The lowest BCUT2D eigenvalue weighted by molar-refractivity contribution is 0.400. The number of halogens is 2. The van der Waals surface area contributed by atoms with Gasteiger partial charge < -0.3 is 9.09 Å². The molecule has 0 radical (unpaired) electrons. The Kier molecular flexibility index (Phi) is 3.86. The highest BCUT2D eigenvalue weighted by molar-refractivity contribution is 6.30. The van der Waals surface area contributed by atoms with E-state index in [0.717, 1.165) is 22.5 Å². The van der Waals surface area contributed by atoms with Crippen LogP contribution in [0, 0.1) is 12.7 Å². The maximum atomic E-state index is 13.2. The monoisotopic (exact) mass is 353 g/mol. The van der Waals surface area contributed by atoms with Crippen LogP contribution < -0.4 is 0 Å². The fourth-order valence-corrected chi connectivity index (χ4v) is 2.89. The van der Waals surface area contributed by atoms with Crippen LogP contribution in [0.4, 0.5) is 4.39 Å². The van der Waals surface area contributed by atoms with Crippen molar-refractivity contribution in [1.82, 2.24) is 14.7 Å². The molecular weight excluding hydrogens is 341 g/mol. The van der Waals surface area contributed by atoms with Gasteiger partial charge in [0.25, 0.3) is 0 Å². The minimum Gasteiger partial charge on any atom is -0.360 e. The highest BCUT2D eigenvalue weighted by Gasteiger charge is 2.19. The molecule has 0 aliphatic rings. The molecule has 0 N–H and O–H groups in total. The fourth-order valence-electron chi connectivity index (χ4n) is 2.71. The van der Waals surface area contributed by atoms with Gasteiger partial charge in [0.05, 0.1) is 17.6 Å². The van der Waals surface area contributed by atoms with Gasteiger partial charge in [-0.25, -0.2) is 9.37 Å². The van der Waals surface area contributed by atoms with Gasteiger partial charge in [0.15, 0.2) is 0 Å². The predicted octanol–water partition coefficient (Wildman–Crippen LogP) is 5.30. The zero-order valence-corrected chi connectivity index (χ0v) is 14.0. The molecule has 0 spiro atoms. The van der Waals surface area contributed by atoms with Crippen LogP contribution in [0.15, 0.2) is 65.6 Å². The van der Waals surface area contributed by atoms with E-state index in [1.54, 1.807) is 18.5 Å². The van der Waals surface area contributed by atoms with Crippen molar-refractivity contribution in [3.63, 3.8) is 0 Å². The van der Waals surface area contributed by atoms with E-state index in [-0.39, 0.29) is 5.82 Å². The second-order valence-corrected chi connectivity index (χ2v) is 6.05. The Hall–Kier alpha value is -2.92. The molecule has 0 aliphatic carbocycles. The van der Waals surface area contributed by atoms with E-state index in [1.165, 1.54) is 12.1 Å². The third-order valence-corrected chi connectivity index (χ3v) is 4.16. The number of imidazole rings is 1. The highest BCUT2D eigenvalue weighted by atomic mass is 35.5. The summed E-state index contributed by atoms with van der Waals surface area (Å²) in [7, 11) is 0. The quantitative estimate of drug-likeness (QED) is 0.502. The largest absolute Gasteiger partial charge is 0.360 e. The first kappa shape index (κ1) is 15.6. The Bertz CT molecular complexity index is 1040. The van der Waals surface area contributed by atoms with Gasteiger partial charge in [-0.05, 0) is 49.4 Å². The molecule has 4 nitrogen and oxygen atoms in total. The van der Waals surface area contributed by atoms with Gasteiger partial charge in [0, 0.05) is 22.5 Å². The zero-order valence-electron chi connectivity index (χ0n) is 13.3. The Labute approximate surface area is 148 Å². The van der Waals surface area contributed by atoms with Crippen molar-refractivity contribution in [2.24, 2.45) is 0 Å². The van der Waals surface area contributed by atoms with E-state index in [2.05, 4.69) is 10.1 Å². The van der Waals surface area contributed by atoms with Crippen molar-refractivity contribution < 1.29 is 8.91 Å². The molecule has 0 saturated heterocycles. The number of nitrogens with zero attached hydrogens (tertiary/aromatic N) is 3. The molecule has 0 atom stereocenters. The molecule has 0 unspecified atom stereocenters. The van der Waals surface area contributed by atoms with Crippen molar-refractivity contribution >= 4 is 11.6 Å². The minimum absolute atomic E-state index is 0.296. The summed E-state index contributed by atoms with van der Waals surface area (Å²) in [6.07, 6.45) is 3.60. The first-order valence-electron chi connectivity index (χ1n) is 7.64. The van der Waals surface area contributed by atoms with E-state index in [9.17, 15) is 4.39 Å². The summed E-state index contributed by atoms with van der Waals surface area (Å²) in [5.74, 6) is 0.353. The van der Waals surface area contributed by atoms with Gasteiger partial charge in [-0.15, -0.1) is 0 Å².